The molecule has 0 amide bonds. The monoisotopic (exact) mass is 297 g/mol. The van der Waals surface area contributed by atoms with Crippen LogP contribution in [-0.2, 0) is 0 Å². The highest BCUT2D eigenvalue weighted by Crippen LogP contribution is 2.30. The molecule has 2 fully saturated rings. The molecule has 3 rings (SSSR count). The second-order valence-electron chi connectivity index (χ2n) is 5.33. The average molecular weight is 298 g/mol. The van der Waals surface area contributed by atoms with Crippen LogP contribution in [0.5, 0.6) is 0 Å². The van der Waals surface area contributed by atoms with Gasteiger partial charge >= 0.3 is 5.69 Å². The van der Waals surface area contributed by atoms with Gasteiger partial charge in [-0.15, -0.1) is 0 Å². The smallest absolute Gasteiger partial charge is 0.329 e. The van der Waals surface area contributed by atoms with Crippen molar-refractivity contribution in [3.05, 3.63) is 21.6 Å². The number of hydrogen-bond acceptors (Lipinski definition) is 6. The fourth-order valence-corrected chi connectivity index (χ4v) is 3.28. The van der Waals surface area contributed by atoms with E-state index in [9.17, 15) is 10.1 Å². The second-order valence-corrected chi connectivity index (χ2v) is 5.67. The molecule has 2 aliphatic rings. The molecule has 0 bridgehead atoms. The normalized spacial score (nSPS) is 26.2. The second kappa shape index (κ2) is 5.49. The van der Waals surface area contributed by atoms with Gasteiger partial charge in [0.1, 0.15) is 6.20 Å². The van der Waals surface area contributed by atoms with Crippen LogP contribution in [0.3, 0.4) is 0 Å². The summed E-state index contributed by atoms with van der Waals surface area (Å²) in [7, 11) is 0. The summed E-state index contributed by atoms with van der Waals surface area (Å²) < 4.78 is 0. The Morgan fingerprint density at radius 2 is 2.30 bits per heavy atom. The van der Waals surface area contributed by atoms with Crippen molar-refractivity contribution in [1.82, 2.24) is 14.9 Å². The molecular formula is C12H16ClN5O2. The molecule has 0 radical (unpaired) electrons. The average Bonchev–Trinajstić information content (AvgIpc) is 2.85. The fraction of sp³-hybridized carbons (Fsp3) is 0.667. The molecule has 0 aromatic carbocycles. The van der Waals surface area contributed by atoms with E-state index in [-0.39, 0.29) is 22.8 Å². The number of piperidine rings is 1. The largest absolute Gasteiger partial charge is 0.361 e. The summed E-state index contributed by atoms with van der Waals surface area (Å²) >= 11 is 5.74. The number of rotatable bonds is 3. The van der Waals surface area contributed by atoms with Gasteiger partial charge in [0, 0.05) is 18.6 Å². The molecule has 0 saturated carbocycles. The van der Waals surface area contributed by atoms with Gasteiger partial charge in [0.15, 0.2) is 0 Å². The van der Waals surface area contributed by atoms with Gasteiger partial charge in [-0.05, 0) is 43.8 Å². The van der Waals surface area contributed by atoms with Crippen molar-refractivity contribution in [3.63, 3.8) is 0 Å². The van der Waals surface area contributed by atoms with Gasteiger partial charge in [0.05, 0.1) is 4.92 Å². The summed E-state index contributed by atoms with van der Waals surface area (Å²) in [6, 6.07) is 0.802. The number of hydrogen-bond donors (Lipinski definition) is 1. The van der Waals surface area contributed by atoms with E-state index in [0.717, 1.165) is 25.6 Å². The highest BCUT2D eigenvalue weighted by Gasteiger charge is 2.32. The van der Waals surface area contributed by atoms with Crippen LogP contribution in [0.25, 0.3) is 0 Å². The number of nitrogens with one attached hydrogen (secondary N) is 1. The third kappa shape index (κ3) is 2.69. The lowest BCUT2D eigenvalue weighted by Crippen LogP contribution is -2.42. The summed E-state index contributed by atoms with van der Waals surface area (Å²) in [5.74, 6) is 0.228. The van der Waals surface area contributed by atoms with Crippen LogP contribution in [0, 0.1) is 10.1 Å². The first-order chi connectivity index (χ1) is 9.63. The third-order valence-electron chi connectivity index (χ3n) is 4.10. The van der Waals surface area contributed by atoms with Crippen molar-refractivity contribution in [2.24, 2.45) is 0 Å². The van der Waals surface area contributed by atoms with Crippen LogP contribution in [0.2, 0.25) is 5.28 Å². The minimum Gasteiger partial charge on any atom is -0.361 e. The van der Waals surface area contributed by atoms with Crippen LogP contribution >= 0.6 is 11.6 Å². The van der Waals surface area contributed by atoms with Crippen molar-refractivity contribution < 1.29 is 4.92 Å². The Bertz CT molecular complexity index is 527. The number of nitro groups is 1. The van der Waals surface area contributed by atoms with Crippen LogP contribution in [0.1, 0.15) is 25.7 Å². The van der Waals surface area contributed by atoms with E-state index < -0.39 is 4.92 Å². The lowest BCUT2D eigenvalue weighted by molar-refractivity contribution is -0.384. The Kier molecular flexibility index (Phi) is 3.71. The summed E-state index contributed by atoms with van der Waals surface area (Å²) in [5.41, 5.74) is -0.122. The molecule has 1 N–H and O–H groups in total. The van der Waals surface area contributed by atoms with E-state index in [4.69, 9.17) is 11.6 Å². The first-order valence-corrected chi connectivity index (χ1v) is 7.19. The van der Waals surface area contributed by atoms with Crippen LogP contribution < -0.4 is 5.32 Å². The van der Waals surface area contributed by atoms with E-state index in [1.807, 2.05) is 0 Å². The lowest BCUT2D eigenvalue weighted by Gasteiger charge is -2.35. The molecule has 2 saturated heterocycles. The standard InChI is InChI=1S/C12H16ClN5O2/c13-12-14-7-10(18(19)20)11(16-12)15-8-3-5-17-4-1-2-9(17)6-8/h7-9H,1-6H2,(H,14,15,16). The Hall–Kier alpha value is -1.47. The van der Waals surface area contributed by atoms with E-state index in [2.05, 4.69) is 20.2 Å². The van der Waals surface area contributed by atoms with Gasteiger partial charge in [-0.25, -0.2) is 4.98 Å². The van der Waals surface area contributed by atoms with Crippen molar-refractivity contribution in [1.29, 1.82) is 0 Å². The molecule has 2 aliphatic heterocycles. The highest BCUT2D eigenvalue weighted by molar-refractivity contribution is 6.28. The van der Waals surface area contributed by atoms with Crippen LogP contribution in [0.15, 0.2) is 6.20 Å². The molecule has 0 spiro atoms. The molecule has 1 aromatic heterocycles. The minimum absolute atomic E-state index is 0.0244. The molecule has 3 heterocycles. The SMILES string of the molecule is O=[N+]([O-])c1cnc(Cl)nc1NC1CCN2CCCC2C1. The van der Waals surface area contributed by atoms with Gasteiger partial charge in [-0.3, -0.25) is 10.1 Å². The molecule has 108 valence electrons. The Morgan fingerprint density at radius 3 is 3.10 bits per heavy atom. The van der Waals surface area contributed by atoms with Crippen molar-refractivity contribution in [2.75, 3.05) is 18.4 Å². The summed E-state index contributed by atoms with van der Waals surface area (Å²) in [6.45, 7) is 2.21. The van der Waals surface area contributed by atoms with Gasteiger partial charge in [0.25, 0.3) is 0 Å². The predicted octanol–water partition coefficient (Wildman–Crippen LogP) is 2.08. The van der Waals surface area contributed by atoms with Crippen LogP contribution in [-0.4, -0.2) is 45.0 Å². The van der Waals surface area contributed by atoms with Crippen molar-refractivity contribution in [3.8, 4) is 0 Å². The summed E-state index contributed by atoms with van der Waals surface area (Å²) in [5, 5.41) is 14.2. The van der Waals surface area contributed by atoms with Gasteiger partial charge in [-0.2, -0.15) is 4.98 Å². The van der Waals surface area contributed by atoms with E-state index in [0.29, 0.717) is 6.04 Å². The maximum Gasteiger partial charge on any atom is 0.329 e. The number of fused-ring (bicyclic) bond motifs is 1. The Labute approximate surface area is 121 Å². The van der Waals surface area contributed by atoms with E-state index >= 15 is 0 Å². The number of halogens is 1. The zero-order valence-electron chi connectivity index (χ0n) is 11.0. The number of anilines is 1. The van der Waals surface area contributed by atoms with Crippen LogP contribution in [0.4, 0.5) is 11.5 Å². The van der Waals surface area contributed by atoms with Crippen molar-refractivity contribution in [2.45, 2.75) is 37.8 Å². The fourth-order valence-electron chi connectivity index (χ4n) is 3.14. The molecular weight excluding hydrogens is 282 g/mol. The van der Waals surface area contributed by atoms with Crippen molar-refractivity contribution >= 4 is 23.1 Å². The highest BCUT2D eigenvalue weighted by atomic mass is 35.5. The topological polar surface area (TPSA) is 84.2 Å². The maximum absolute atomic E-state index is 11.0. The number of aromatic nitrogens is 2. The zero-order valence-corrected chi connectivity index (χ0v) is 11.7. The first kappa shape index (κ1) is 13.5. The molecule has 2 atom stereocenters. The molecule has 20 heavy (non-hydrogen) atoms. The summed E-state index contributed by atoms with van der Waals surface area (Å²) in [4.78, 5) is 20.6. The van der Waals surface area contributed by atoms with Gasteiger partial charge in [-0.1, -0.05) is 0 Å². The molecule has 1 aromatic rings. The quantitative estimate of drug-likeness (QED) is 0.522. The Morgan fingerprint density at radius 1 is 1.45 bits per heavy atom. The molecule has 7 nitrogen and oxygen atoms in total. The molecule has 2 unspecified atom stereocenters. The first-order valence-electron chi connectivity index (χ1n) is 6.81. The summed E-state index contributed by atoms with van der Waals surface area (Å²) in [6.07, 6.45) is 5.58. The molecule has 0 aliphatic carbocycles. The minimum atomic E-state index is -0.483. The van der Waals surface area contributed by atoms with Gasteiger partial charge < -0.3 is 10.2 Å². The number of nitrogens with zero attached hydrogens (tertiary/aromatic N) is 4. The molecule has 8 heteroatoms. The Balaban J connectivity index is 1.74. The van der Waals surface area contributed by atoms with Gasteiger partial charge in [0.2, 0.25) is 11.1 Å². The van der Waals surface area contributed by atoms with E-state index in [1.54, 1.807) is 0 Å². The van der Waals surface area contributed by atoms with E-state index in [1.165, 1.54) is 19.4 Å². The third-order valence-corrected chi connectivity index (χ3v) is 4.28. The predicted molar refractivity (Wildman–Crippen MR) is 74.9 cm³/mol. The zero-order chi connectivity index (χ0) is 14.1. The lowest BCUT2D eigenvalue weighted by atomic mass is 9.97. The maximum atomic E-state index is 11.0.